The van der Waals surface area contributed by atoms with Crippen molar-refractivity contribution in [2.45, 2.75) is 25.9 Å². The van der Waals surface area contributed by atoms with Crippen LogP contribution in [0.25, 0.3) is 21.9 Å². The van der Waals surface area contributed by atoms with Crippen LogP contribution < -0.4 is 4.74 Å². The highest BCUT2D eigenvalue weighted by atomic mass is 16.5. The van der Waals surface area contributed by atoms with Gasteiger partial charge < -0.3 is 19.4 Å². The second kappa shape index (κ2) is 7.44. The van der Waals surface area contributed by atoms with Crippen molar-refractivity contribution in [1.82, 2.24) is 19.9 Å². The molecule has 4 rings (SSSR count). The summed E-state index contributed by atoms with van der Waals surface area (Å²) in [6.07, 6.45) is 4.86. The van der Waals surface area contributed by atoms with Crippen molar-refractivity contribution in [1.29, 1.82) is 5.26 Å². The molecule has 8 nitrogen and oxygen atoms in total. The summed E-state index contributed by atoms with van der Waals surface area (Å²) in [7, 11) is 1.33. The van der Waals surface area contributed by atoms with E-state index in [-0.39, 0.29) is 11.8 Å². The molecule has 1 aliphatic heterocycles. The number of aromatic amines is 1. The molecule has 0 unspecified atom stereocenters. The van der Waals surface area contributed by atoms with Crippen molar-refractivity contribution in [2.75, 3.05) is 26.7 Å². The molecule has 8 heteroatoms. The number of ether oxygens (including phenoxy) is 2. The van der Waals surface area contributed by atoms with Crippen LogP contribution in [0.5, 0.6) is 5.75 Å². The van der Waals surface area contributed by atoms with Crippen LogP contribution in [-0.4, -0.2) is 58.7 Å². The third kappa shape index (κ3) is 3.14. The molecule has 0 amide bonds. The molecule has 0 atom stereocenters. The lowest BCUT2D eigenvalue weighted by Gasteiger charge is -2.31. The smallest absolute Gasteiger partial charge is 0.339 e. The van der Waals surface area contributed by atoms with Crippen molar-refractivity contribution in [2.24, 2.45) is 0 Å². The Morgan fingerprint density at radius 2 is 2.14 bits per heavy atom. The number of aromatic nitrogens is 3. The summed E-state index contributed by atoms with van der Waals surface area (Å²) < 4.78 is 11.1. The summed E-state index contributed by atoms with van der Waals surface area (Å²) in [4.78, 5) is 26.1. The third-order valence-corrected chi connectivity index (χ3v) is 5.24. The first kappa shape index (κ1) is 18.2. The van der Waals surface area contributed by atoms with Gasteiger partial charge in [-0.3, -0.25) is 0 Å². The highest BCUT2D eigenvalue weighted by molar-refractivity contribution is 6.11. The molecule has 3 aromatic heterocycles. The van der Waals surface area contributed by atoms with E-state index in [1.54, 1.807) is 12.3 Å². The standard InChI is InChI=1S/C20H21N5O3/c1-3-25-6-4-13(5-7-25)28-18-15(9-21)22-11-16-17(18)14-8-12(20(26)27-2)10-23-19(14)24-16/h8,10-11,13H,3-7H2,1-2H3,(H,23,24). The van der Waals surface area contributed by atoms with Crippen LogP contribution in [-0.2, 0) is 4.74 Å². The van der Waals surface area contributed by atoms with Crippen LogP contribution in [0.2, 0.25) is 0 Å². The van der Waals surface area contributed by atoms with Gasteiger partial charge in [-0.2, -0.15) is 5.26 Å². The second-order valence-corrected chi connectivity index (χ2v) is 6.82. The molecule has 0 spiro atoms. The molecule has 0 aromatic carbocycles. The number of nitrogens with one attached hydrogen (secondary N) is 1. The Hall–Kier alpha value is -3.18. The van der Waals surface area contributed by atoms with Crippen molar-refractivity contribution >= 4 is 27.9 Å². The van der Waals surface area contributed by atoms with Gasteiger partial charge in [0, 0.05) is 24.7 Å². The average molecular weight is 379 g/mol. The number of nitrogens with zero attached hydrogens (tertiary/aromatic N) is 4. The SMILES string of the molecule is CCN1CCC(Oc2c(C#N)ncc3[nH]c4ncc(C(=O)OC)cc4c23)CC1. The lowest BCUT2D eigenvalue weighted by atomic mass is 10.1. The molecule has 144 valence electrons. The number of methoxy groups -OCH3 is 1. The van der Waals surface area contributed by atoms with Gasteiger partial charge in [-0.05, 0) is 25.5 Å². The molecule has 28 heavy (non-hydrogen) atoms. The number of likely N-dealkylation sites (tertiary alicyclic amines) is 1. The number of piperidine rings is 1. The van der Waals surface area contributed by atoms with E-state index in [4.69, 9.17) is 9.47 Å². The summed E-state index contributed by atoms with van der Waals surface area (Å²) in [5, 5.41) is 11.0. The molecule has 1 fully saturated rings. The number of fused-ring (bicyclic) bond motifs is 3. The van der Waals surface area contributed by atoms with Gasteiger partial charge in [0.25, 0.3) is 0 Å². The summed E-state index contributed by atoms with van der Waals surface area (Å²) in [5.74, 6) is -0.0160. The normalized spacial score (nSPS) is 15.6. The third-order valence-electron chi connectivity index (χ3n) is 5.24. The minimum atomic E-state index is -0.465. The van der Waals surface area contributed by atoms with Gasteiger partial charge in [0.2, 0.25) is 0 Å². The molecule has 0 radical (unpaired) electrons. The van der Waals surface area contributed by atoms with Crippen molar-refractivity contribution in [3.8, 4) is 11.8 Å². The van der Waals surface area contributed by atoms with E-state index in [1.807, 2.05) is 0 Å². The predicted molar refractivity (Wildman–Crippen MR) is 103 cm³/mol. The maximum absolute atomic E-state index is 11.9. The Balaban J connectivity index is 1.81. The molecule has 0 aliphatic carbocycles. The van der Waals surface area contributed by atoms with E-state index in [0.717, 1.165) is 37.9 Å². The van der Waals surface area contributed by atoms with E-state index >= 15 is 0 Å². The number of nitriles is 1. The van der Waals surface area contributed by atoms with E-state index < -0.39 is 5.97 Å². The first-order chi connectivity index (χ1) is 13.6. The topological polar surface area (TPSA) is 104 Å². The molecule has 4 heterocycles. The molecule has 0 bridgehead atoms. The second-order valence-electron chi connectivity index (χ2n) is 6.82. The van der Waals surface area contributed by atoms with Gasteiger partial charge in [-0.15, -0.1) is 0 Å². The van der Waals surface area contributed by atoms with E-state index in [2.05, 4.69) is 32.8 Å². The van der Waals surface area contributed by atoms with Crippen molar-refractivity contribution < 1.29 is 14.3 Å². The summed E-state index contributed by atoms with van der Waals surface area (Å²) >= 11 is 0. The van der Waals surface area contributed by atoms with Crippen LogP contribution >= 0.6 is 0 Å². The zero-order valence-corrected chi connectivity index (χ0v) is 15.9. The van der Waals surface area contributed by atoms with Crippen LogP contribution in [0, 0.1) is 11.3 Å². The number of hydrogen-bond acceptors (Lipinski definition) is 7. The minimum Gasteiger partial charge on any atom is -0.487 e. The Kier molecular flexibility index (Phi) is 4.84. The number of esters is 1. The summed E-state index contributed by atoms with van der Waals surface area (Å²) in [5.41, 5.74) is 1.89. The van der Waals surface area contributed by atoms with E-state index in [1.165, 1.54) is 13.3 Å². The molecule has 1 saturated heterocycles. The van der Waals surface area contributed by atoms with Crippen LogP contribution in [0.15, 0.2) is 18.5 Å². The fraction of sp³-hybridized carbons (Fsp3) is 0.400. The Labute approximate surface area is 162 Å². The number of carbonyl (C=O) groups is 1. The van der Waals surface area contributed by atoms with Gasteiger partial charge in [-0.1, -0.05) is 6.92 Å². The fourth-order valence-electron chi connectivity index (χ4n) is 3.67. The first-order valence-corrected chi connectivity index (χ1v) is 9.32. The molecular formula is C20H21N5O3. The number of hydrogen-bond donors (Lipinski definition) is 1. The van der Waals surface area contributed by atoms with Crippen LogP contribution in [0.4, 0.5) is 0 Å². The molecular weight excluding hydrogens is 358 g/mol. The number of rotatable bonds is 4. The average Bonchev–Trinajstić information content (AvgIpc) is 3.12. The first-order valence-electron chi connectivity index (χ1n) is 9.32. The fourth-order valence-corrected chi connectivity index (χ4v) is 3.67. The molecule has 1 N–H and O–H groups in total. The Morgan fingerprint density at radius 1 is 1.36 bits per heavy atom. The van der Waals surface area contributed by atoms with Gasteiger partial charge in [0.1, 0.15) is 17.8 Å². The number of carbonyl (C=O) groups excluding carboxylic acids is 1. The van der Waals surface area contributed by atoms with Gasteiger partial charge >= 0.3 is 5.97 Å². The minimum absolute atomic E-state index is 0.0176. The summed E-state index contributed by atoms with van der Waals surface area (Å²) in [6.45, 7) is 5.11. The highest BCUT2D eigenvalue weighted by Gasteiger charge is 2.24. The van der Waals surface area contributed by atoms with Crippen molar-refractivity contribution in [3.63, 3.8) is 0 Å². The maximum Gasteiger partial charge on any atom is 0.339 e. The van der Waals surface area contributed by atoms with E-state index in [9.17, 15) is 10.1 Å². The van der Waals surface area contributed by atoms with Gasteiger partial charge in [0.15, 0.2) is 11.4 Å². The molecule has 3 aromatic rings. The highest BCUT2D eigenvalue weighted by Crippen LogP contribution is 2.36. The maximum atomic E-state index is 11.9. The zero-order valence-electron chi connectivity index (χ0n) is 15.9. The lowest BCUT2D eigenvalue weighted by Crippen LogP contribution is -2.38. The van der Waals surface area contributed by atoms with E-state index in [0.29, 0.717) is 27.9 Å². The Morgan fingerprint density at radius 3 is 2.82 bits per heavy atom. The zero-order chi connectivity index (χ0) is 19.7. The number of H-pyrrole nitrogens is 1. The Bertz CT molecular complexity index is 1080. The quantitative estimate of drug-likeness (QED) is 0.695. The monoisotopic (exact) mass is 379 g/mol. The van der Waals surface area contributed by atoms with Gasteiger partial charge in [-0.25, -0.2) is 14.8 Å². The largest absolute Gasteiger partial charge is 0.487 e. The van der Waals surface area contributed by atoms with Crippen LogP contribution in [0.1, 0.15) is 35.8 Å². The van der Waals surface area contributed by atoms with Crippen molar-refractivity contribution in [3.05, 3.63) is 29.7 Å². The number of pyridine rings is 2. The lowest BCUT2D eigenvalue weighted by molar-refractivity contribution is 0.0600. The molecule has 0 saturated carbocycles. The van der Waals surface area contributed by atoms with Crippen LogP contribution in [0.3, 0.4) is 0 Å². The summed E-state index contributed by atoms with van der Waals surface area (Å²) in [6, 6.07) is 3.84. The van der Waals surface area contributed by atoms with Gasteiger partial charge in [0.05, 0.1) is 29.8 Å². The molecule has 1 aliphatic rings. The predicted octanol–water partition coefficient (Wildman–Crippen LogP) is 2.63.